The number of aromatic hydroxyl groups is 1. The highest BCUT2D eigenvalue weighted by molar-refractivity contribution is 9.10. The number of phenols is 1. The molecule has 0 heterocycles. The first-order valence-electron chi connectivity index (χ1n) is 4.67. The van der Waals surface area contributed by atoms with Crippen LogP contribution < -0.4 is 0 Å². The van der Waals surface area contributed by atoms with Gasteiger partial charge in [-0.05, 0) is 21.9 Å². The largest absolute Gasteiger partial charge is 0.506 e. The molecule has 0 radical (unpaired) electrons. The van der Waals surface area contributed by atoms with Crippen molar-refractivity contribution < 1.29 is 15.0 Å². The third kappa shape index (κ3) is 2.71. The van der Waals surface area contributed by atoms with Gasteiger partial charge < -0.3 is 10.2 Å². The van der Waals surface area contributed by atoms with Gasteiger partial charge in [-0.1, -0.05) is 40.2 Å². The van der Waals surface area contributed by atoms with E-state index in [0.29, 0.717) is 9.86 Å². The first-order valence-corrected chi connectivity index (χ1v) is 5.46. The van der Waals surface area contributed by atoms with Gasteiger partial charge >= 0.3 is 5.97 Å². The van der Waals surface area contributed by atoms with E-state index in [1.54, 1.807) is 17.0 Å². The molecule has 0 atom stereocenters. The van der Waals surface area contributed by atoms with Crippen LogP contribution in [0.3, 0.4) is 0 Å². The van der Waals surface area contributed by atoms with E-state index >= 15 is 0 Å². The first kappa shape index (κ1) is 13.8. The number of nitrogens with zero attached hydrogens (tertiary/aromatic N) is 2. The number of aromatic carboxylic acids is 1. The highest BCUT2D eigenvalue weighted by Gasteiger charge is 2.14. The Morgan fingerprint density at radius 1 is 1.33 bits per heavy atom. The lowest BCUT2D eigenvalue weighted by molar-refractivity contribution is 0.0694. The molecular formula is C11H8BrN3O3. The summed E-state index contributed by atoms with van der Waals surface area (Å²) in [6, 6.07) is 8.47. The maximum absolute atomic E-state index is 10.8. The van der Waals surface area contributed by atoms with Crippen molar-refractivity contribution in [1.29, 1.82) is 5.53 Å². The molecule has 0 aliphatic carbocycles. The van der Waals surface area contributed by atoms with Crippen molar-refractivity contribution in [3.8, 4) is 5.75 Å². The van der Waals surface area contributed by atoms with Crippen LogP contribution in [0.1, 0.15) is 10.4 Å². The minimum atomic E-state index is -1.14. The van der Waals surface area contributed by atoms with Crippen LogP contribution in [0.25, 0.3) is 21.2 Å². The van der Waals surface area contributed by atoms with Gasteiger partial charge in [-0.15, -0.1) is 5.53 Å². The van der Waals surface area contributed by atoms with E-state index in [2.05, 4.69) is 15.9 Å². The Labute approximate surface area is 110 Å². The molecule has 0 aliphatic heterocycles. The number of hydrogen-bond donors (Lipinski definition) is 3. The molecule has 0 saturated heterocycles. The predicted octanol–water partition coefficient (Wildman–Crippen LogP) is 3.88. The summed E-state index contributed by atoms with van der Waals surface area (Å²) >= 11 is 3.28. The molecule has 7 heteroatoms. The van der Waals surface area contributed by atoms with E-state index in [1.165, 1.54) is 6.07 Å². The fourth-order valence-electron chi connectivity index (χ4n) is 1.48. The Morgan fingerprint density at radius 2 is 1.83 bits per heavy atom. The molecule has 2 aromatic rings. The fourth-order valence-corrected chi connectivity index (χ4v) is 2.05. The van der Waals surface area contributed by atoms with Crippen molar-refractivity contribution in [3.63, 3.8) is 0 Å². The van der Waals surface area contributed by atoms with Gasteiger partial charge in [0.25, 0.3) is 0 Å². The summed E-state index contributed by atoms with van der Waals surface area (Å²) in [5.74, 6) is -1.33. The van der Waals surface area contributed by atoms with E-state index in [4.69, 9.17) is 16.2 Å². The second-order valence-electron chi connectivity index (χ2n) is 3.21. The molecule has 0 unspecified atom stereocenters. The van der Waals surface area contributed by atoms with Crippen LogP contribution in [0.4, 0.5) is 0 Å². The van der Waals surface area contributed by atoms with Gasteiger partial charge in [0, 0.05) is 9.86 Å². The lowest BCUT2D eigenvalue weighted by Crippen LogP contribution is -1.97. The lowest BCUT2D eigenvalue weighted by atomic mass is 10.1. The molecule has 92 valence electrons. The molecule has 0 fully saturated rings. The Kier molecular flexibility index (Phi) is 4.53. The maximum atomic E-state index is 10.8. The predicted molar refractivity (Wildman–Crippen MR) is 69.7 cm³/mol. The number of carboxylic acids is 1. The van der Waals surface area contributed by atoms with Gasteiger partial charge in [-0.25, -0.2) is 4.79 Å². The number of rotatable bonds is 1. The van der Waals surface area contributed by atoms with Gasteiger partial charge in [0.05, 0.1) is 0 Å². The van der Waals surface area contributed by atoms with Crippen LogP contribution in [-0.4, -0.2) is 16.2 Å². The molecule has 0 amide bonds. The third-order valence-corrected chi connectivity index (χ3v) is 2.85. The molecule has 0 spiro atoms. The van der Waals surface area contributed by atoms with Gasteiger partial charge in [0.1, 0.15) is 11.3 Å². The number of halogens is 1. The number of fused-ring (bicyclic) bond motifs is 1. The number of carboxylic acid groups (broad SMARTS) is 1. The van der Waals surface area contributed by atoms with Crippen molar-refractivity contribution in [3.05, 3.63) is 50.8 Å². The van der Waals surface area contributed by atoms with Crippen LogP contribution >= 0.6 is 15.9 Å². The van der Waals surface area contributed by atoms with Crippen LogP contribution in [-0.2, 0) is 0 Å². The highest BCUT2D eigenvalue weighted by Crippen LogP contribution is 2.34. The summed E-state index contributed by atoms with van der Waals surface area (Å²) < 4.78 is 0.660. The average Bonchev–Trinajstić information content (AvgIpc) is 2.34. The number of benzene rings is 2. The zero-order valence-corrected chi connectivity index (χ0v) is 10.5. The number of carbonyl (C=O) groups is 1. The Morgan fingerprint density at radius 3 is 2.33 bits per heavy atom. The van der Waals surface area contributed by atoms with Crippen molar-refractivity contribution >= 4 is 32.7 Å². The summed E-state index contributed by atoms with van der Waals surface area (Å²) in [4.78, 5) is 12.6. The van der Waals surface area contributed by atoms with Gasteiger partial charge in [0.15, 0.2) is 0 Å². The van der Waals surface area contributed by atoms with Crippen LogP contribution in [0.5, 0.6) is 5.75 Å². The van der Waals surface area contributed by atoms with E-state index in [1.807, 2.05) is 12.1 Å². The third-order valence-electron chi connectivity index (χ3n) is 2.20. The zero-order valence-electron chi connectivity index (χ0n) is 8.96. The molecular weight excluding hydrogens is 302 g/mol. The molecule has 0 aliphatic rings. The summed E-state index contributed by atoms with van der Waals surface area (Å²) in [6.45, 7) is 0. The molecule has 2 aromatic carbocycles. The van der Waals surface area contributed by atoms with Crippen LogP contribution in [0.15, 0.2) is 34.8 Å². The standard InChI is InChI=1S/C11H7BrO3.HN3/c12-9-5-8(11(14)15)10(13)7-4-2-1-3-6(7)9;1-3-2/h1-5,13H,(H,14,15);1H. The monoisotopic (exact) mass is 309 g/mol. The summed E-state index contributed by atoms with van der Waals surface area (Å²) in [7, 11) is 0. The van der Waals surface area contributed by atoms with Gasteiger partial charge in [-0.3, -0.25) is 0 Å². The molecule has 3 N–H and O–H groups in total. The number of hydrogen-bond acceptors (Lipinski definition) is 3. The summed E-state index contributed by atoms with van der Waals surface area (Å²) in [6.07, 6.45) is 0. The van der Waals surface area contributed by atoms with E-state index < -0.39 is 5.97 Å². The zero-order chi connectivity index (χ0) is 13.7. The Bertz CT molecular complexity index is 637. The molecule has 0 saturated carbocycles. The van der Waals surface area contributed by atoms with Crippen LogP contribution in [0.2, 0.25) is 0 Å². The van der Waals surface area contributed by atoms with Crippen molar-refractivity contribution in [2.24, 2.45) is 0 Å². The normalized spacial score (nSPS) is 9.17. The second-order valence-corrected chi connectivity index (χ2v) is 4.06. The molecule has 2 rings (SSSR count). The van der Waals surface area contributed by atoms with E-state index in [0.717, 1.165) is 5.39 Å². The summed E-state index contributed by atoms with van der Waals surface area (Å²) in [5.41, 5.74) is 12.2. The van der Waals surface area contributed by atoms with E-state index in [-0.39, 0.29) is 11.3 Å². The maximum Gasteiger partial charge on any atom is 0.339 e. The Hall–Kier alpha value is -2.24. The van der Waals surface area contributed by atoms with E-state index in [9.17, 15) is 9.90 Å². The minimum absolute atomic E-state index is 0.0967. The highest BCUT2D eigenvalue weighted by atomic mass is 79.9. The van der Waals surface area contributed by atoms with Crippen molar-refractivity contribution in [2.45, 2.75) is 0 Å². The smallest absolute Gasteiger partial charge is 0.339 e. The Balaban J connectivity index is 0.000000492. The van der Waals surface area contributed by atoms with Crippen molar-refractivity contribution in [2.75, 3.05) is 0 Å². The van der Waals surface area contributed by atoms with Gasteiger partial charge in [-0.2, -0.15) is 0 Å². The van der Waals surface area contributed by atoms with Crippen molar-refractivity contribution in [1.82, 2.24) is 0 Å². The average molecular weight is 310 g/mol. The van der Waals surface area contributed by atoms with Gasteiger partial charge in [0.2, 0.25) is 0 Å². The number of nitrogens with one attached hydrogen (secondary N) is 1. The topological polar surface area (TPSA) is 118 Å². The molecule has 18 heavy (non-hydrogen) atoms. The van der Waals surface area contributed by atoms with Crippen LogP contribution in [0, 0.1) is 5.53 Å². The lowest BCUT2D eigenvalue weighted by Gasteiger charge is -2.06. The molecule has 6 nitrogen and oxygen atoms in total. The molecule has 0 bridgehead atoms. The SMILES string of the molecule is O=C(O)c1cc(Br)c2ccccc2c1O.[N-]=[N+]=N. The first-order chi connectivity index (χ1) is 8.52. The fraction of sp³-hybridized carbons (Fsp3) is 0. The molecule has 0 aromatic heterocycles. The quantitative estimate of drug-likeness (QED) is 0.421. The minimum Gasteiger partial charge on any atom is -0.506 e. The second kappa shape index (κ2) is 5.90. The summed E-state index contributed by atoms with van der Waals surface area (Å²) in [5, 5.41) is 19.9.